The molecule has 6 nitrogen and oxygen atoms in total. The Morgan fingerprint density at radius 3 is 2.48 bits per heavy atom. The second kappa shape index (κ2) is 8.37. The first-order valence-electron chi connectivity index (χ1n) is 8.65. The minimum atomic E-state index is -0.248. The second-order valence-electron chi connectivity index (χ2n) is 6.21. The van der Waals surface area contributed by atoms with Crippen molar-refractivity contribution in [2.24, 2.45) is 0 Å². The maximum atomic E-state index is 12.7. The zero-order valence-corrected chi connectivity index (χ0v) is 14.1. The predicted molar refractivity (Wildman–Crippen MR) is 94.0 cm³/mol. The van der Waals surface area contributed by atoms with E-state index in [0.717, 1.165) is 31.5 Å². The molecule has 0 spiro atoms. The first-order valence-corrected chi connectivity index (χ1v) is 8.65. The molecular weight excluding hydrogens is 316 g/mol. The summed E-state index contributed by atoms with van der Waals surface area (Å²) in [6, 6.07) is 5.34. The van der Waals surface area contributed by atoms with Crippen LogP contribution in [0.5, 0.6) is 0 Å². The molecule has 0 aliphatic carbocycles. The van der Waals surface area contributed by atoms with Crippen LogP contribution in [0.3, 0.4) is 0 Å². The van der Waals surface area contributed by atoms with Crippen molar-refractivity contribution < 1.29 is 9.59 Å². The van der Waals surface area contributed by atoms with Gasteiger partial charge in [-0.25, -0.2) is 0 Å². The molecule has 6 heteroatoms. The van der Waals surface area contributed by atoms with Gasteiger partial charge in [0.2, 0.25) is 0 Å². The van der Waals surface area contributed by atoms with Gasteiger partial charge >= 0.3 is 0 Å². The molecule has 1 N–H and O–H groups in total. The molecule has 25 heavy (non-hydrogen) atoms. The van der Waals surface area contributed by atoms with Crippen molar-refractivity contribution in [1.82, 2.24) is 20.2 Å². The van der Waals surface area contributed by atoms with Crippen molar-refractivity contribution in [3.63, 3.8) is 0 Å². The Labute approximate surface area is 147 Å². The van der Waals surface area contributed by atoms with Crippen molar-refractivity contribution in [2.45, 2.75) is 32.2 Å². The van der Waals surface area contributed by atoms with Crippen LogP contribution in [0.15, 0.2) is 43.0 Å². The van der Waals surface area contributed by atoms with E-state index in [2.05, 4.69) is 15.3 Å². The summed E-state index contributed by atoms with van der Waals surface area (Å²) in [4.78, 5) is 34.9. The van der Waals surface area contributed by atoms with Gasteiger partial charge < -0.3 is 10.2 Å². The lowest BCUT2D eigenvalue weighted by Crippen LogP contribution is -2.32. The van der Waals surface area contributed by atoms with Crippen LogP contribution in [0.1, 0.15) is 52.0 Å². The zero-order chi connectivity index (χ0) is 17.5. The Morgan fingerprint density at radius 2 is 1.76 bits per heavy atom. The molecule has 1 aliphatic rings. The van der Waals surface area contributed by atoms with Gasteiger partial charge in [-0.05, 0) is 30.5 Å². The molecule has 1 fully saturated rings. The number of likely N-dealkylation sites (tertiary alicyclic amines) is 1. The molecule has 0 aromatic carbocycles. The van der Waals surface area contributed by atoms with Gasteiger partial charge in [0.1, 0.15) is 0 Å². The fourth-order valence-electron chi connectivity index (χ4n) is 2.92. The first-order chi connectivity index (χ1) is 12.2. The molecule has 3 heterocycles. The normalized spacial score (nSPS) is 14.6. The number of nitrogens with one attached hydrogen (secondary N) is 1. The summed E-state index contributed by atoms with van der Waals surface area (Å²) in [6.45, 7) is 1.93. The molecule has 0 atom stereocenters. The van der Waals surface area contributed by atoms with E-state index in [4.69, 9.17) is 0 Å². The lowest BCUT2D eigenvalue weighted by atomic mass is 10.1. The SMILES string of the molecule is O=C(NCc1cccnc1)c1cncc(C(=O)N2CCCCCC2)c1. The van der Waals surface area contributed by atoms with Crippen LogP contribution in [0, 0.1) is 0 Å². The van der Waals surface area contributed by atoms with E-state index in [0.29, 0.717) is 17.7 Å². The minimum Gasteiger partial charge on any atom is -0.348 e. The summed E-state index contributed by atoms with van der Waals surface area (Å²) < 4.78 is 0. The highest BCUT2D eigenvalue weighted by molar-refractivity contribution is 5.99. The fraction of sp³-hybridized carbons (Fsp3) is 0.368. The predicted octanol–water partition coefficient (Wildman–Crippen LogP) is 2.42. The van der Waals surface area contributed by atoms with E-state index in [1.165, 1.54) is 25.2 Å². The molecule has 0 saturated carbocycles. The van der Waals surface area contributed by atoms with Gasteiger partial charge in [0, 0.05) is 44.4 Å². The molecular formula is C19H22N4O2. The first kappa shape index (κ1) is 17.1. The zero-order valence-electron chi connectivity index (χ0n) is 14.1. The lowest BCUT2D eigenvalue weighted by molar-refractivity contribution is 0.0761. The Hall–Kier alpha value is -2.76. The number of hydrogen-bond donors (Lipinski definition) is 1. The average Bonchev–Trinajstić information content (AvgIpc) is 2.96. The third-order valence-corrected chi connectivity index (χ3v) is 4.32. The lowest BCUT2D eigenvalue weighted by Gasteiger charge is -2.20. The van der Waals surface area contributed by atoms with E-state index in [-0.39, 0.29) is 11.8 Å². The van der Waals surface area contributed by atoms with Crippen molar-refractivity contribution >= 4 is 11.8 Å². The van der Waals surface area contributed by atoms with Gasteiger partial charge in [0.15, 0.2) is 0 Å². The molecule has 0 bridgehead atoms. The Morgan fingerprint density at radius 1 is 1.00 bits per heavy atom. The van der Waals surface area contributed by atoms with E-state index in [1.807, 2.05) is 17.0 Å². The molecule has 0 radical (unpaired) electrons. The third kappa shape index (κ3) is 4.62. The van der Waals surface area contributed by atoms with Gasteiger partial charge in [0.25, 0.3) is 11.8 Å². The number of amides is 2. The van der Waals surface area contributed by atoms with Crippen LogP contribution >= 0.6 is 0 Å². The van der Waals surface area contributed by atoms with Crippen LogP contribution in [-0.4, -0.2) is 39.8 Å². The van der Waals surface area contributed by atoms with Crippen LogP contribution in [0.25, 0.3) is 0 Å². The van der Waals surface area contributed by atoms with Gasteiger partial charge in [-0.2, -0.15) is 0 Å². The number of hydrogen-bond acceptors (Lipinski definition) is 4. The summed E-state index contributed by atoms with van der Waals surface area (Å²) in [6.07, 6.45) is 10.8. The van der Waals surface area contributed by atoms with Gasteiger partial charge in [-0.1, -0.05) is 18.9 Å². The van der Waals surface area contributed by atoms with E-state index in [1.54, 1.807) is 18.5 Å². The number of carbonyl (C=O) groups is 2. The number of rotatable bonds is 4. The van der Waals surface area contributed by atoms with E-state index < -0.39 is 0 Å². The Balaban J connectivity index is 1.65. The average molecular weight is 338 g/mol. The summed E-state index contributed by atoms with van der Waals surface area (Å²) in [5, 5.41) is 2.83. The van der Waals surface area contributed by atoms with Crippen LogP contribution in [-0.2, 0) is 6.54 Å². The quantitative estimate of drug-likeness (QED) is 0.929. The number of aromatic nitrogens is 2. The molecule has 2 aromatic rings. The van der Waals surface area contributed by atoms with Gasteiger partial charge in [-0.15, -0.1) is 0 Å². The largest absolute Gasteiger partial charge is 0.348 e. The van der Waals surface area contributed by atoms with Crippen molar-refractivity contribution in [3.8, 4) is 0 Å². The summed E-state index contributed by atoms with van der Waals surface area (Å²) in [5.41, 5.74) is 1.78. The highest BCUT2D eigenvalue weighted by Crippen LogP contribution is 2.14. The third-order valence-electron chi connectivity index (χ3n) is 4.32. The molecule has 2 amide bonds. The van der Waals surface area contributed by atoms with E-state index >= 15 is 0 Å². The van der Waals surface area contributed by atoms with Crippen molar-refractivity contribution in [1.29, 1.82) is 0 Å². The molecule has 1 aliphatic heterocycles. The summed E-state index contributed by atoms with van der Waals surface area (Å²) in [7, 11) is 0. The monoisotopic (exact) mass is 338 g/mol. The van der Waals surface area contributed by atoms with Gasteiger partial charge in [0.05, 0.1) is 11.1 Å². The van der Waals surface area contributed by atoms with Crippen LogP contribution in [0.4, 0.5) is 0 Å². The number of nitrogens with zero attached hydrogens (tertiary/aromatic N) is 3. The topological polar surface area (TPSA) is 75.2 Å². The number of pyridine rings is 2. The van der Waals surface area contributed by atoms with Crippen LogP contribution < -0.4 is 5.32 Å². The Kier molecular flexibility index (Phi) is 5.72. The summed E-state index contributed by atoms with van der Waals surface area (Å²) in [5.74, 6) is -0.293. The van der Waals surface area contributed by atoms with Crippen molar-refractivity contribution in [2.75, 3.05) is 13.1 Å². The smallest absolute Gasteiger partial charge is 0.255 e. The molecule has 2 aromatic heterocycles. The maximum absolute atomic E-state index is 12.7. The molecule has 1 saturated heterocycles. The van der Waals surface area contributed by atoms with E-state index in [9.17, 15) is 9.59 Å². The highest BCUT2D eigenvalue weighted by atomic mass is 16.2. The highest BCUT2D eigenvalue weighted by Gasteiger charge is 2.19. The fourth-order valence-corrected chi connectivity index (χ4v) is 2.92. The van der Waals surface area contributed by atoms with Crippen LogP contribution in [0.2, 0.25) is 0 Å². The minimum absolute atomic E-state index is 0.0451. The Bertz CT molecular complexity index is 725. The maximum Gasteiger partial charge on any atom is 0.255 e. The summed E-state index contributed by atoms with van der Waals surface area (Å²) >= 11 is 0. The molecule has 3 rings (SSSR count). The van der Waals surface area contributed by atoms with Crippen molar-refractivity contribution in [3.05, 3.63) is 59.7 Å². The molecule has 0 unspecified atom stereocenters. The standard InChI is InChI=1S/C19H22N4O2/c24-18(22-12-15-6-5-7-20-11-15)16-10-17(14-21-13-16)19(25)23-8-3-1-2-4-9-23/h5-7,10-11,13-14H,1-4,8-9,12H2,(H,22,24). The number of carbonyl (C=O) groups excluding carboxylic acids is 2. The van der Waals surface area contributed by atoms with Gasteiger partial charge in [-0.3, -0.25) is 19.6 Å². The second-order valence-corrected chi connectivity index (χ2v) is 6.21. The molecule has 130 valence electrons.